The van der Waals surface area contributed by atoms with Gasteiger partial charge >= 0.3 is 18.4 Å². The van der Waals surface area contributed by atoms with E-state index in [-0.39, 0.29) is 40.8 Å². The molecule has 0 fully saturated rings. The molecule has 0 radical (unpaired) electrons. The van der Waals surface area contributed by atoms with Crippen LogP contribution in [0.4, 0.5) is 22.8 Å². The van der Waals surface area contributed by atoms with E-state index in [1.807, 2.05) is 6.92 Å². The zero-order valence-corrected chi connectivity index (χ0v) is 27.7. The molecule has 262 valence electrons. The molecule has 1 atom stereocenters. The molecule has 0 spiro atoms. The lowest BCUT2D eigenvalue weighted by atomic mass is 10.1. The van der Waals surface area contributed by atoms with Gasteiger partial charge in [-0.15, -0.1) is 5.01 Å². The molecule has 3 rings (SSSR count). The Morgan fingerprint density at radius 3 is 2.31 bits per heavy atom. The summed E-state index contributed by atoms with van der Waals surface area (Å²) in [4.78, 5) is 28.3. The molecule has 1 aromatic heterocycles. The van der Waals surface area contributed by atoms with Crippen molar-refractivity contribution in [2.45, 2.75) is 64.0 Å². The van der Waals surface area contributed by atoms with E-state index in [4.69, 9.17) is 19.0 Å². The monoisotopic (exact) mass is 700 g/mol. The lowest BCUT2D eigenvalue weighted by Gasteiger charge is -2.20. The fourth-order valence-corrected chi connectivity index (χ4v) is 4.65. The van der Waals surface area contributed by atoms with Gasteiger partial charge in [0.05, 0.1) is 41.4 Å². The average Bonchev–Trinajstić information content (AvgIpc) is 3.43. The van der Waals surface area contributed by atoms with E-state index in [9.17, 15) is 36.4 Å². The summed E-state index contributed by atoms with van der Waals surface area (Å²) in [5.41, 5.74) is -0.288. The maximum atomic E-state index is 13.5. The molecule has 1 unspecified atom stereocenters. The van der Waals surface area contributed by atoms with Crippen molar-refractivity contribution in [1.29, 1.82) is 0 Å². The van der Waals surface area contributed by atoms with E-state index in [2.05, 4.69) is 10.4 Å². The van der Waals surface area contributed by atoms with Gasteiger partial charge in [-0.3, -0.25) is 4.84 Å². The second-order valence-electron chi connectivity index (χ2n) is 11.3. The highest BCUT2D eigenvalue weighted by molar-refractivity contribution is 7.90. The predicted octanol–water partition coefficient (Wildman–Crippen LogP) is 5.71. The molecule has 15 nitrogen and oxygen atoms in total. The quantitative estimate of drug-likeness (QED) is 0.0611. The van der Waals surface area contributed by atoms with Crippen LogP contribution in [0.3, 0.4) is 0 Å². The van der Waals surface area contributed by atoms with Crippen LogP contribution < -0.4 is 4.72 Å². The van der Waals surface area contributed by atoms with Crippen LogP contribution >= 0.6 is 0 Å². The van der Waals surface area contributed by atoms with Crippen LogP contribution in [0.2, 0.25) is 0 Å². The van der Waals surface area contributed by atoms with Crippen LogP contribution in [0.5, 0.6) is 0 Å². The molecule has 2 aromatic carbocycles. The highest BCUT2D eigenvalue weighted by atomic mass is 32.2. The van der Waals surface area contributed by atoms with E-state index in [1.165, 1.54) is 26.1 Å². The Morgan fingerprint density at radius 1 is 1.10 bits per heavy atom. The highest BCUT2D eigenvalue weighted by Gasteiger charge is 2.35. The van der Waals surface area contributed by atoms with E-state index >= 15 is 0 Å². The zero-order chi connectivity index (χ0) is 35.9. The number of hydrogen-bond acceptors (Lipinski definition) is 11. The van der Waals surface area contributed by atoms with Crippen molar-refractivity contribution in [2.24, 2.45) is 5.28 Å². The number of alkyl halides is 3. The number of nitrogens with one attached hydrogen (secondary N) is 1. The van der Waals surface area contributed by atoms with Gasteiger partial charge in [0, 0.05) is 18.9 Å². The van der Waals surface area contributed by atoms with Crippen LogP contribution in [-0.2, 0) is 35.2 Å². The third-order valence-electron chi connectivity index (χ3n) is 6.02. The second kappa shape index (κ2) is 15.2. The average molecular weight is 701 g/mol. The van der Waals surface area contributed by atoms with Crippen molar-refractivity contribution in [1.82, 2.24) is 19.5 Å². The minimum absolute atomic E-state index is 0.00673. The molecule has 3 aromatic rings. The van der Waals surface area contributed by atoms with Gasteiger partial charge in [-0.1, -0.05) is 29.8 Å². The van der Waals surface area contributed by atoms with Crippen molar-refractivity contribution >= 4 is 22.3 Å². The fraction of sp³-hybridized carbons (Fsp3) is 0.414. The largest absolute Gasteiger partial charge is 0.569 e. The first-order valence-corrected chi connectivity index (χ1v) is 15.7. The smallest absolute Gasteiger partial charge is 0.511 e. The van der Waals surface area contributed by atoms with Crippen molar-refractivity contribution < 1.29 is 55.2 Å². The molecule has 1 heterocycles. The number of nitrogens with zero attached hydrogens (tertiary/aromatic N) is 5. The maximum absolute atomic E-state index is 13.5. The molecule has 0 aliphatic carbocycles. The van der Waals surface area contributed by atoms with Gasteiger partial charge in [-0.2, -0.15) is 18.3 Å². The molecule has 1 amide bonds. The molecule has 0 aliphatic rings. The van der Waals surface area contributed by atoms with Gasteiger partial charge in [-0.25, -0.2) is 27.4 Å². The van der Waals surface area contributed by atoms with Crippen molar-refractivity contribution in [3.63, 3.8) is 0 Å². The lowest BCUT2D eigenvalue weighted by Crippen LogP contribution is -2.32. The van der Waals surface area contributed by atoms with E-state index in [0.29, 0.717) is 5.56 Å². The molecule has 0 saturated carbocycles. The number of carbonyl (C=O) groups is 2. The van der Waals surface area contributed by atoms with Gasteiger partial charge in [0.2, 0.25) is 5.28 Å². The number of hydrogen-bond donors (Lipinski definition) is 1. The van der Waals surface area contributed by atoms with Crippen LogP contribution in [0.25, 0.3) is 16.9 Å². The molecule has 1 N–H and O–H groups in total. The summed E-state index contributed by atoms with van der Waals surface area (Å²) in [6.45, 7) is 7.75. The number of aryl methyl sites for hydroxylation is 1. The van der Waals surface area contributed by atoms with Gasteiger partial charge < -0.3 is 19.4 Å². The number of sulfonamides is 1. The number of carbonyl (C=O) groups excluding carboxylic acids is 2. The topological polar surface area (TPSA) is 177 Å². The van der Waals surface area contributed by atoms with E-state index < -0.39 is 46.0 Å². The number of benzene rings is 2. The SMILES string of the molecule is Cc1ccc(-c2cc(C(F)(F)F)nn2-c2ccc(S(=O)(=O)NC(=O)OCCCN(C)[N+]([O-])=NOC(C)OC(=O)OC(C)(C)C)cc2)cc1. The van der Waals surface area contributed by atoms with Crippen LogP contribution in [0, 0.1) is 12.1 Å². The Morgan fingerprint density at radius 2 is 1.73 bits per heavy atom. The second-order valence-corrected chi connectivity index (χ2v) is 12.9. The van der Waals surface area contributed by atoms with Crippen LogP contribution in [-0.4, -0.2) is 72.5 Å². The molecule has 0 saturated heterocycles. The van der Waals surface area contributed by atoms with Gasteiger partial charge in [-0.05, 0) is 58.0 Å². The minimum Gasteiger partial charge on any atom is -0.569 e. The summed E-state index contributed by atoms with van der Waals surface area (Å²) in [6.07, 6.45) is -8.20. The fourth-order valence-electron chi connectivity index (χ4n) is 3.75. The summed E-state index contributed by atoms with van der Waals surface area (Å²) >= 11 is 0. The first-order valence-electron chi connectivity index (χ1n) is 14.2. The Bertz CT molecular complexity index is 1710. The summed E-state index contributed by atoms with van der Waals surface area (Å²) in [6, 6.07) is 12.3. The lowest BCUT2D eigenvalue weighted by molar-refractivity contribution is -0.707. The number of rotatable bonds is 12. The highest BCUT2D eigenvalue weighted by Crippen LogP contribution is 2.33. The number of hydrazine groups is 1. The normalized spacial score (nSPS) is 13.0. The third-order valence-corrected chi connectivity index (χ3v) is 7.35. The van der Waals surface area contributed by atoms with E-state index in [0.717, 1.165) is 33.5 Å². The first kappa shape index (κ1) is 37.4. The van der Waals surface area contributed by atoms with Gasteiger partial charge in [0.15, 0.2) is 5.69 Å². The number of halogens is 3. The summed E-state index contributed by atoms with van der Waals surface area (Å²) in [7, 11) is -3.09. The number of amides is 1. The Kier molecular flexibility index (Phi) is 11.9. The van der Waals surface area contributed by atoms with Gasteiger partial charge in [0.25, 0.3) is 16.3 Å². The molecule has 0 bridgehead atoms. The summed E-state index contributed by atoms with van der Waals surface area (Å²) < 4.78 is 83.3. The molecular formula is C29H35F3N6O9S. The zero-order valence-electron chi connectivity index (χ0n) is 26.8. The molecule has 19 heteroatoms. The van der Waals surface area contributed by atoms with Crippen LogP contribution in [0.15, 0.2) is 64.8 Å². The van der Waals surface area contributed by atoms with Crippen molar-refractivity contribution in [3.05, 3.63) is 71.1 Å². The summed E-state index contributed by atoms with van der Waals surface area (Å²) in [5.74, 6) is 0. The van der Waals surface area contributed by atoms with Crippen LogP contribution in [0.1, 0.15) is 45.4 Å². The Hall–Kier alpha value is -5.07. The van der Waals surface area contributed by atoms with E-state index in [1.54, 1.807) is 49.8 Å². The predicted molar refractivity (Wildman–Crippen MR) is 162 cm³/mol. The molecule has 0 aliphatic heterocycles. The Balaban J connectivity index is 1.54. The first-order chi connectivity index (χ1) is 22.2. The molecule has 48 heavy (non-hydrogen) atoms. The van der Waals surface area contributed by atoms with Crippen molar-refractivity contribution in [3.8, 4) is 16.9 Å². The number of aromatic nitrogens is 2. The number of ether oxygens (including phenoxy) is 3. The maximum Gasteiger partial charge on any atom is 0.511 e. The molecular weight excluding hydrogens is 665 g/mol. The summed E-state index contributed by atoms with van der Waals surface area (Å²) in [5, 5.41) is 20.0. The van der Waals surface area contributed by atoms with Crippen molar-refractivity contribution in [2.75, 3.05) is 20.2 Å². The standard InChI is InChI=1S/C29H35F3N6O9S/c1-19-8-10-21(11-9-19)24-18-25(29(30,31)32)33-37(24)22-12-14-23(15-13-22)48(42,43)34-26(39)44-17-7-16-36(6)38(41)35-47-20(2)45-27(40)46-28(3,4)5/h8-15,18,20H,7,16-17H2,1-6H3,(H,34,39). The Labute approximate surface area is 274 Å². The minimum atomic E-state index is -4.72. The van der Waals surface area contributed by atoms with Gasteiger partial charge in [0.1, 0.15) is 5.60 Å². The third kappa shape index (κ3) is 11.0.